The number of sulfone groups is 1. The molecule has 0 saturated heterocycles. The van der Waals surface area contributed by atoms with Crippen LogP contribution in [0.2, 0.25) is 0 Å². The van der Waals surface area contributed by atoms with Crippen LogP contribution in [0.5, 0.6) is 11.5 Å². The van der Waals surface area contributed by atoms with E-state index in [0.717, 1.165) is 11.8 Å². The van der Waals surface area contributed by atoms with Crippen LogP contribution < -0.4 is 4.74 Å². The molecule has 0 amide bonds. The van der Waals surface area contributed by atoms with Crippen molar-refractivity contribution in [1.29, 1.82) is 0 Å². The molecule has 6 nitrogen and oxygen atoms in total. The van der Waals surface area contributed by atoms with E-state index in [2.05, 4.69) is 0 Å². The molecule has 2 aromatic rings. The lowest BCUT2D eigenvalue weighted by molar-refractivity contribution is -0.134. The highest BCUT2D eigenvalue weighted by Gasteiger charge is 2.36. The Morgan fingerprint density at radius 1 is 1.14 bits per heavy atom. The maximum atomic E-state index is 12.4. The van der Waals surface area contributed by atoms with Crippen LogP contribution in [0, 0.1) is 5.92 Å². The first-order chi connectivity index (χ1) is 13.6. The van der Waals surface area contributed by atoms with Crippen molar-refractivity contribution in [1.82, 2.24) is 0 Å². The molecule has 1 aliphatic carbocycles. The molecular weight excluding hydrogens is 392 g/mol. The van der Waals surface area contributed by atoms with E-state index < -0.39 is 21.9 Å². The average Bonchev–Trinajstić information content (AvgIpc) is 2.64. The van der Waals surface area contributed by atoms with Gasteiger partial charge in [0.25, 0.3) is 0 Å². The second-order valence-corrected chi connectivity index (χ2v) is 9.62. The third kappa shape index (κ3) is 5.31. The summed E-state index contributed by atoms with van der Waals surface area (Å²) in [5, 5.41) is 10.4. The largest absolute Gasteiger partial charge is 0.457 e. The number of ketones is 2. The van der Waals surface area contributed by atoms with E-state index in [-0.39, 0.29) is 35.2 Å². The van der Waals surface area contributed by atoms with Crippen LogP contribution in [-0.2, 0) is 19.4 Å². The Balaban J connectivity index is 1.73. The molecule has 7 heteroatoms. The molecule has 0 aromatic heterocycles. The van der Waals surface area contributed by atoms with Crippen LogP contribution in [-0.4, -0.2) is 37.5 Å². The summed E-state index contributed by atoms with van der Waals surface area (Å²) in [5.74, 6) is 0.108. The average molecular weight is 416 g/mol. The second-order valence-electron chi connectivity index (χ2n) is 7.60. The zero-order valence-corrected chi connectivity index (χ0v) is 17.2. The van der Waals surface area contributed by atoms with Crippen LogP contribution in [0.25, 0.3) is 0 Å². The van der Waals surface area contributed by atoms with Crippen molar-refractivity contribution >= 4 is 21.4 Å². The number of hydrogen-bond acceptors (Lipinski definition) is 6. The predicted molar refractivity (Wildman–Crippen MR) is 108 cm³/mol. The zero-order valence-electron chi connectivity index (χ0n) is 16.4. The summed E-state index contributed by atoms with van der Waals surface area (Å²) in [6, 6.07) is 13.4. The standard InChI is InChI=1S/C22H24O6S/c1-14(23)10-20-21(24)12-16(13-22(20)25)15-4-3-5-18(11-15)28-17-6-8-19(9-7-17)29(2,26)27/h3-9,11,16,20-21,24H,10,12-13H2,1-2H3. The van der Waals surface area contributed by atoms with Gasteiger partial charge in [0.15, 0.2) is 9.84 Å². The second kappa shape index (κ2) is 8.47. The first-order valence-electron chi connectivity index (χ1n) is 9.41. The van der Waals surface area contributed by atoms with Gasteiger partial charge in [-0.1, -0.05) is 12.1 Å². The number of benzene rings is 2. The van der Waals surface area contributed by atoms with Crippen LogP contribution in [0.1, 0.15) is 37.7 Å². The number of ether oxygens (including phenoxy) is 1. The first-order valence-corrected chi connectivity index (χ1v) is 11.3. The van der Waals surface area contributed by atoms with Crippen molar-refractivity contribution in [2.45, 2.75) is 43.1 Å². The molecule has 1 fully saturated rings. The Labute approximate surface area is 170 Å². The number of hydrogen-bond donors (Lipinski definition) is 1. The van der Waals surface area contributed by atoms with Gasteiger partial charge in [-0.3, -0.25) is 4.79 Å². The number of carbonyl (C=O) groups is 2. The Bertz CT molecular complexity index is 1010. The van der Waals surface area contributed by atoms with Crippen molar-refractivity contribution in [2.24, 2.45) is 5.92 Å². The zero-order chi connectivity index (χ0) is 21.2. The smallest absolute Gasteiger partial charge is 0.175 e. The van der Waals surface area contributed by atoms with Crippen molar-refractivity contribution in [2.75, 3.05) is 6.26 Å². The lowest BCUT2D eigenvalue weighted by atomic mass is 9.74. The molecule has 0 heterocycles. The minimum Gasteiger partial charge on any atom is -0.457 e. The molecule has 0 bridgehead atoms. The van der Waals surface area contributed by atoms with Crippen molar-refractivity contribution in [3.05, 3.63) is 54.1 Å². The topological polar surface area (TPSA) is 97.7 Å². The van der Waals surface area contributed by atoms with E-state index in [0.29, 0.717) is 17.9 Å². The molecule has 0 spiro atoms. The van der Waals surface area contributed by atoms with Crippen LogP contribution in [0.4, 0.5) is 0 Å². The minimum absolute atomic E-state index is 0.0827. The fourth-order valence-corrected chi connectivity index (χ4v) is 4.31. The third-order valence-electron chi connectivity index (χ3n) is 5.18. The van der Waals surface area contributed by atoms with Gasteiger partial charge >= 0.3 is 0 Å². The molecule has 3 unspecified atom stereocenters. The predicted octanol–water partition coefficient (Wildman–Crippen LogP) is 3.29. The fraction of sp³-hybridized carbons (Fsp3) is 0.364. The highest BCUT2D eigenvalue weighted by Crippen LogP contribution is 2.37. The molecule has 0 aliphatic heterocycles. The van der Waals surface area contributed by atoms with E-state index >= 15 is 0 Å². The lowest BCUT2D eigenvalue weighted by Crippen LogP contribution is -2.37. The van der Waals surface area contributed by atoms with Gasteiger partial charge in [0.2, 0.25) is 0 Å². The quantitative estimate of drug-likeness (QED) is 0.776. The number of aliphatic hydroxyl groups is 1. The molecule has 154 valence electrons. The summed E-state index contributed by atoms with van der Waals surface area (Å²) in [4.78, 5) is 24.0. The van der Waals surface area contributed by atoms with Gasteiger partial charge in [-0.2, -0.15) is 0 Å². The molecule has 2 aromatic carbocycles. The normalized spacial score (nSPS) is 22.3. The van der Waals surface area contributed by atoms with Crippen molar-refractivity contribution < 1.29 is 27.9 Å². The third-order valence-corrected chi connectivity index (χ3v) is 6.30. The van der Waals surface area contributed by atoms with Crippen LogP contribution in [0.3, 0.4) is 0 Å². The molecular formula is C22H24O6S. The van der Waals surface area contributed by atoms with E-state index in [1.54, 1.807) is 18.2 Å². The minimum atomic E-state index is -3.27. The molecule has 3 rings (SSSR count). The van der Waals surface area contributed by atoms with Gasteiger partial charge in [-0.15, -0.1) is 0 Å². The van der Waals surface area contributed by atoms with Gasteiger partial charge in [-0.05, 0) is 61.2 Å². The van der Waals surface area contributed by atoms with Gasteiger partial charge in [-0.25, -0.2) is 8.42 Å². The summed E-state index contributed by atoms with van der Waals surface area (Å²) < 4.78 is 28.9. The van der Waals surface area contributed by atoms with Gasteiger partial charge in [0.1, 0.15) is 23.1 Å². The summed E-state index contributed by atoms with van der Waals surface area (Å²) in [5.41, 5.74) is 0.879. The molecule has 0 radical (unpaired) electrons. The van der Waals surface area contributed by atoms with Crippen molar-refractivity contribution in [3.63, 3.8) is 0 Å². The summed E-state index contributed by atoms with van der Waals surface area (Å²) in [6.45, 7) is 1.43. The number of rotatable bonds is 6. The van der Waals surface area contributed by atoms with E-state index in [1.807, 2.05) is 18.2 Å². The highest BCUT2D eigenvalue weighted by atomic mass is 32.2. The summed E-state index contributed by atoms with van der Waals surface area (Å²) in [7, 11) is -3.27. The maximum Gasteiger partial charge on any atom is 0.175 e. The molecule has 3 atom stereocenters. The van der Waals surface area contributed by atoms with Gasteiger partial charge in [0, 0.05) is 19.1 Å². The lowest BCUT2D eigenvalue weighted by Gasteiger charge is -2.32. The Morgan fingerprint density at radius 2 is 1.83 bits per heavy atom. The Morgan fingerprint density at radius 3 is 2.41 bits per heavy atom. The van der Waals surface area contributed by atoms with Gasteiger partial charge in [0.05, 0.1) is 16.9 Å². The number of carbonyl (C=O) groups excluding carboxylic acids is 2. The molecule has 1 saturated carbocycles. The van der Waals surface area contributed by atoms with Gasteiger partial charge < -0.3 is 14.6 Å². The number of aliphatic hydroxyl groups excluding tert-OH is 1. The maximum absolute atomic E-state index is 12.4. The molecule has 1 aliphatic rings. The van der Waals surface area contributed by atoms with E-state index in [1.165, 1.54) is 19.1 Å². The summed E-state index contributed by atoms with van der Waals surface area (Å²) >= 11 is 0. The van der Waals surface area contributed by atoms with Crippen LogP contribution >= 0.6 is 0 Å². The Kier molecular flexibility index (Phi) is 6.19. The highest BCUT2D eigenvalue weighted by molar-refractivity contribution is 7.90. The molecule has 29 heavy (non-hydrogen) atoms. The van der Waals surface area contributed by atoms with E-state index in [4.69, 9.17) is 4.74 Å². The molecule has 1 N–H and O–H groups in total. The monoisotopic (exact) mass is 416 g/mol. The summed E-state index contributed by atoms with van der Waals surface area (Å²) in [6.07, 6.45) is 1.09. The SMILES string of the molecule is CC(=O)CC1C(=O)CC(c2cccc(Oc3ccc(S(C)(=O)=O)cc3)c2)CC1O. The van der Waals surface area contributed by atoms with Crippen molar-refractivity contribution in [3.8, 4) is 11.5 Å². The fourth-order valence-electron chi connectivity index (χ4n) is 3.68. The van der Waals surface area contributed by atoms with E-state index in [9.17, 15) is 23.1 Å². The Hall–Kier alpha value is -2.51. The number of Topliss-reactive ketones (excluding diaryl/α,β-unsaturated/α-hetero) is 2. The first kappa shape index (κ1) is 21.2. The van der Waals surface area contributed by atoms with Crippen LogP contribution in [0.15, 0.2) is 53.4 Å².